The van der Waals surface area contributed by atoms with E-state index in [1.165, 1.54) is 12.1 Å². The van der Waals surface area contributed by atoms with Gasteiger partial charge in [0.25, 0.3) is 0 Å². The van der Waals surface area contributed by atoms with Crippen LogP contribution in [0.2, 0.25) is 119 Å². The number of hydrogen-bond donors (Lipinski definition) is 0. The Balaban J connectivity index is 0. The molecule has 226 valence electrons. The zero-order valence-corrected chi connectivity index (χ0v) is 38.0. The minimum Gasteiger partial charge on any atom is -0.0724 e. The third kappa shape index (κ3) is 28.5. The SMILES string of the molecule is CC[SiH](C)C[SiH](C)C.CC[SiH](C[SiH](C)C)c1ccccc1.C[SiH](C)C[SiH](C)CCCCC[SiH](C)C[SiH](C)C. The highest BCUT2D eigenvalue weighted by molar-refractivity contribution is 6.84. The van der Waals surface area contributed by atoms with E-state index >= 15 is 0 Å². The molecule has 4 unspecified atom stereocenters. The zero-order chi connectivity index (χ0) is 29.5. The van der Waals surface area contributed by atoms with Crippen LogP contribution in [0.1, 0.15) is 33.1 Å². The van der Waals surface area contributed by atoms with Crippen LogP contribution in [0.5, 0.6) is 0 Å². The fourth-order valence-electron chi connectivity index (χ4n) is 5.81. The summed E-state index contributed by atoms with van der Waals surface area (Å²) in [6.45, 7) is 32.3. The van der Waals surface area contributed by atoms with Gasteiger partial charge in [0.1, 0.15) is 0 Å². The molecule has 0 aliphatic heterocycles. The van der Waals surface area contributed by atoms with Crippen LogP contribution in [0.25, 0.3) is 0 Å². The summed E-state index contributed by atoms with van der Waals surface area (Å²) in [5.41, 5.74) is 6.64. The summed E-state index contributed by atoms with van der Waals surface area (Å²) in [6, 6.07) is 17.4. The number of hydrogen-bond acceptors (Lipinski definition) is 0. The minimum atomic E-state index is -0.567. The summed E-state index contributed by atoms with van der Waals surface area (Å²) in [4.78, 5) is 0. The van der Waals surface area contributed by atoms with E-state index in [0.717, 1.165) is 0 Å². The van der Waals surface area contributed by atoms with Crippen molar-refractivity contribution in [3.05, 3.63) is 30.3 Å². The van der Waals surface area contributed by atoms with E-state index in [1.54, 1.807) is 59.2 Å². The predicted molar refractivity (Wildman–Crippen MR) is 211 cm³/mol. The van der Waals surface area contributed by atoms with E-state index in [1.807, 2.05) is 0 Å². The summed E-state index contributed by atoms with van der Waals surface area (Å²) < 4.78 is 0. The van der Waals surface area contributed by atoms with Crippen molar-refractivity contribution in [1.82, 2.24) is 0 Å². The Morgan fingerprint density at radius 3 is 1.16 bits per heavy atom. The van der Waals surface area contributed by atoms with Crippen molar-refractivity contribution in [1.29, 1.82) is 0 Å². The Kier molecular flexibility index (Phi) is 29.0. The van der Waals surface area contributed by atoms with E-state index in [-0.39, 0.29) is 61.6 Å². The van der Waals surface area contributed by atoms with Crippen molar-refractivity contribution in [2.45, 2.75) is 152 Å². The summed E-state index contributed by atoms with van der Waals surface area (Å²) in [7, 11) is -2.32. The van der Waals surface area contributed by atoms with Gasteiger partial charge < -0.3 is 0 Å². The van der Waals surface area contributed by atoms with Crippen LogP contribution < -0.4 is 5.19 Å². The average molecular weight is 660 g/mol. The molecule has 4 atom stereocenters. The molecule has 0 nitrogen and oxygen atoms in total. The van der Waals surface area contributed by atoms with Crippen molar-refractivity contribution < 1.29 is 0 Å². The second-order valence-corrected chi connectivity index (χ2v) is 44.6. The molecule has 0 saturated carbocycles. The maximum atomic E-state index is 2.61. The molecule has 0 aromatic heterocycles. The smallest absolute Gasteiger partial charge is 0.0677 e. The van der Waals surface area contributed by atoms with Crippen LogP contribution in [0.15, 0.2) is 30.3 Å². The molecule has 0 radical (unpaired) electrons. The summed E-state index contributed by atoms with van der Waals surface area (Å²) in [6.07, 6.45) is 4.68. The first-order valence-corrected chi connectivity index (χ1v) is 39.9. The number of benzene rings is 1. The molecular formula is C30H74Si8. The third-order valence-electron chi connectivity index (χ3n) is 7.73. The molecule has 0 heterocycles. The van der Waals surface area contributed by atoms with Gasteiger partial charge in [0.2, 0.25) is 0 Å². The van der Waals surface area contributed by atoms with E-state index in [9.17, 15) is 0 Å². The lowest BCUT2D eigenvalue weighted by Gasteiger charge is -2.14. The first-order chi connectivity index (χ1) is 17.8. The maximum absolute atomic E-state index is 2.61. The van der Waals surface area contributed by atoms with Crippen LogP contribution in [0.4, 0.5) is 0 Å². The molecule has 8 heteroatoms. The lowest BCUT2D eigenvalue weighted by molar-refractivity contribution is 0.760. The van der Waals surface area contributed by atoms with Crippen LogP contribution in [-0.4, -0.2) is 70.4 Å². The Bertz CT molecular complexity index is 592. The van der Waals surface area contributed by atoms with Gasteiger partial charge in [-0.1, -0.05) is 187 Å². The second-order valence-electron chi connectivity index (χ2n) is 14.4. The molecule has 0 spiro atoms. The van der Waals surface area contributed by atoms with Crippen molar-refractivity contribution >= 4 is 75.6 Å². The molecule has 38 heavy (non-hydrogen) atoms. The highest BCUT2D eigenvalue weighted by Crippen LogP contribution is 2.13. The zero-order valence-electron chi connectivity index (χ0n) is 28.8. The van der Waals surface area contributed by atoms with E-state index < -0.39 is 8.80 Å². The fourth-order valence-corrected chi connectivity index (χ4v) is 38.5. The Morgan fingerprint density at radius 2 is 0.842 bits per heavy atom. The summed E-state index contributed by atoms with van der Waals surface area (Å²) in [5, 5.41) is 1.67. The van der Waals surface area contributed by atoms with Gasteiger partial charge in [-0.15, -0.1) is 0 Å². The molecular weight excluding hydrogens is 585 g/mol. The Labute approximate surface area is 256 Å². The highest BCUT2D eigenvalue weighted by Gasteiger charge is 2.13. The number of unbranched alkanes of at least 4 members (excludes halogenated alkanes) is 2. The van der Waals surface area contributed by atoms with Crippen LogP contribution >= 0.6 is 0 Å². The topological polar surface area (TPSA) is 0 Å². The normalized spacial score (nSPS) is 14.6. The quantitative estimate of drug-likeness (QED) is 0.118. The van der Waals surface area contributed by atoms with Crippen LogP contribution in [0.3, 0.4) is 0 Å². The van der Waals surface area contributed by atoms with E-state index in [0.29, 0.717) is 0 Å². The van der Waals surface area contributed by atoms with Crippen molar-refractivity contribution in [2.75, 3.05) is 0 Å². The second kappa shape index (κ2) is 26.8. The Hall–Kier alpha value is 0.955. The third-order valence-corrected chi connectivity index (χ3v) is 41.2. The molecule has 1 aromatic rings. The molecule has 1 aromatic carbocycles. The molecule has 0 amide bonds. The van der Waals surface area contributed by atoms with Crippen LogP contribution in [0, 0.1) is 0 Å². The highest BCUT2D eigenvalue weighted by atomic mass is 28.3. The van der Waals surface area contributed by atoms with Gasteiger partial charge in [-0.2, -0.15) is 0 Å². The lowest BCUT2D eigenvalue weighted by Crippen LogP contribution is -2.32. The predicted octanol–water partition coefficient (Wildman–Crippen LogP) is 7.98. The largest absolute Gasteiger partial charge is 0.0724 e. The van der Waals surface area contributed by atoms with Gasteiger partial charge in [0, 0.05) is 61.6 Å². The standard InChI is InChI=1S/C13H36Si4.C11H20Si2.C6H18Si2/c1-14(2)12-16(5)10-8-7-9-11-17(6)13-15(3)4;1-4-13(10-12(2)3)11-8-6-5-7-9-11;1-5-8(4)6-7(2)3/h14-17H,7-13H2,1-6H3;5-9,12-13H,4,10H2,1-3H3;7-8H,5-6H2,1-4H3. The first-order valence-electron chi connectivity index (χ1n) is 16.9. The molecule has 1 rings (SSSR count). The lowest BCUT2D eigenvalue weighted by atomic mass is 10.3. The molecule has 0 aliphatic carbocycles. The summed E-state index contributed by atoms with van der Waals surface area (Å²) >= 11 is 0. The molecule has 0 fully saturated rings. The Morgan fingerprint density at radius 1 is 0.447 bits per heavy atom. The van der Waals surface area contributed by atoms with Gasteiger partial charge in [0.15, 0.2) is 0 Å². The monoisotopic (exact) mass is 658 g/mol. The average Bonchev–Trinajstić information content (AvgIpc) is 2.82. The summed E-state index contributed by atoms with van der Waals surface area (Å²) in [5.74, 6) is 0. The molecule has 0 aliphatic rings. The van der Waals surface area contributed by atoms with E-state index in [4.69, 9.17) is 0 Å². The molecule has 0 N–H and O–H groups in total. The van der Waals surface area contributed by atoms with Crippen LogP contribution in [-0.2, 0) is 0 Å². The molecule has 0 bridgehead atoms. The van der Waals surface area contributed by atoms with Crippen molar-refractivity contribution in [2.24, 2.45) is 0 Å². The molecule has 0 saturated heterocycles. The van der Waals surface area contributed by atoms with Gasteiger partial charge >= 0.3 is 0 Å². The maximum Gasteiger partial charge on any atom is 0.0677 e. The van der Waals surface area contributed by atoms with Crippen molar-refractivity contribution in [3.63, 3.8) is 0 Å². The van der Waals surface area contributed by atoms with Gasteiger partial charge in [0.05, 0.1) is 8.80 Å². The van der Waals surface area contributed by atoms with Crippen molar-refractivity contribution in [3.8, 4) is 0 Å². The number of rotatable bonds is 17. The van der Waals surface area contributed by atoms with Gasteiger partial charge in [-0.05, 0) is 0 Å². The first kappa shape index (κ1) is 41.1. The van der Waals surface area contributed by atoms with E-state index in [2.05, 4.69) is 116 Å². The van der Waals surface area contributed by atoms with Gasteiger partial charge in [-0.3, -0.25) is 0 Å². The fraction of sp³-hybridized carbons (Fsp3) is 0.800. The minimum absolute atomic E-state index is 0.177. The van der Waals surface area contributed by atoms with Gasteiger partial charge in [-0.25, -0.2) is 0 Å².